The van der Waals surface area contributed by atoms with Crippen molar-refractivity contribution in [1.82, 2.24) is 26.2 Å². The summed E-state index contributed by atoms with van der Waals surface area (Å²) < 4.78 is 17.5. The quantitative estimate of drug-likeness (QED) is 0.154. The van der Waals surface area contributed by atoms with Gasteiger partial charge in [-0.05, 0) is 80.2 Å². The fourth-order valence-electron chi connectivity index (χ4n) is 5.80. The van der Waals surface area contributed by atoms with Gasteiger partial charge in [0.05, 0.1) is 36.5 Å². The largest absolute Gasteiger partial charge is 0.444 e. The van der Waals surface area contributed by atoms with Crippen LogP contribution in [0.4, 0.5) is 4.79 Å². The highest BCUT2D eigenvalue weighted by Crippen LogP contribution is 2.34. The Kier molecular flexibility index (Phi) is 14.8. The minimum absolute atomic E-state index is 0.00230. The highest BCUT2D eigenvalue weighted by molar-refractivity contribution is 6.38. The molecule has 1 aromatic carbocycles. The molecule has 1 unspecified atom stereocenters. The summed E-state index contributed by atoms with van der Waals surface area (Å²) in [6.07, 6.45) is 0.439. The Morgan fingerprint density at radius 1 is 0.833 bits per heavy atom. The van der Waals surface area contributed by atoms with E-state index in [1.54, 1.807) is 71.9 Å². The molecule has 5 atom stereocenters. The Labute approximate surface area is 317 Å². The molecule has 300 valence electrons. The van der Waals surface area contributed by atoms with Crippen molar-refractivity contribution < 1.29 is 47.8 Å². The predicted molar refractivity (Wildman–Crippen MR) is 197 cm³/mol. The number of alkyl carbamates (subject to hydrolysis) is 1. The second-order valence-electron chi connectivity index (χ2n) is 16.8. The van der Waals surface area contributed by atoms with Crippen molar-refractivity contribution in [2.75, 3.05) is 19.7 Å². The number of hydrogen-bond donors (Lipinski definition) is 5. The molecule has 0 radical (unpaired) electrons. The van der Waals surface area contributed by atoms with E-state index in [-0.39, 0.29) is 31.9 Å². The number of carbonyl (C=O) groups is 7. The number of primary amides is 1. The van der Waals surface area contributed by atoms with Crippen molar-refractivity contribution in [3.63, 3.8) is 0 Å². The Morgan fingerprint density at radius 2 is 1.46 bits per heavy atom. The van der Waals surface area contributed by atoms with E-state index in [0.29, 0.717) is 5.56 Å². The highest BCUT2D eigenvalue weighted by Gasteiger charge is 2.45. The fourth-order valence-corrected chi connectivity index (χ4v) is 5.80. The standard InChI is InChI=1S/C38H58N6O10/c1-36(2,3)52-21-26(42-35(51)54-38(7,8)9)34(50)44-20-24(53-37(4,5)6)18-27(44)32(48)41-25(17-22-15-16-22)30(46)33(49)40-19-28(45)43-29(31(39)47)23-13-11-10-12-14-23/h10-14,22,24-27,29H,15-21H2,1-9H3,(H2,39,47)(H,40,49)(H,41,48)(H,42,51)(H,43,45)/t24-,25?,26+,27+,29+/m1/s1. The minimum atomic E-state index is -1.25. The van der Waals surface area contributed by atoms with Gasteiger partial charge in [0.1, 0.15) is 23.7 Å². The third-order valence-corrected chi connectivity index (χ3v) is 8.30. The summed E-state index contributed by atoms with van der Waals surface area (Å²) >= 11 is 0. The lowest BCUT2D eigenvalue weighted by molar-refractivity contribution is -0.144. The normalized spacial score (nSPS) is 19.2. The molecule has 1 aliphatic heterocycles. The van der Waals surface area contributed by atoms with Crippen LogP contribution < -0.4 is 27.0 Å². The van der Waals surface area contributed by atoms with Gasteiger partial charge in [0.2, 0.25) is 29.4 Å². The zero-order valence-corrected chi connectivity index (χ0v) is 32.9. The van der Waals surface area contributed by atoms with Crippen LogP contribution in [0.3, 0.4) is 0 Å². The highest BCUT2D eigenvalue weighted by atomic mass is 16.6. The third kappa shape index (κ3) is 14.7. The molecule has 6 amide bonds. The minimum Gasteiger partial charge on any atom is -0.444 e. The van der Waals surface area contributed by atoms with Gasteiger partial charge in [-0.15, -0.1) is 0 Å². The Bertz CT molecular complexity index is 1530. The summed E-state index contributed by atoms with van der Waals surface area (Å²) in [5, 5.41) is 10.0. The molecule has 0 aromatic heterocycles. The maximum absolute atomic E-state index is 14.2. The first-order valence-electron chi connectivity index (χ1n) is 18.3. The van der Waals surface area contributed by atoms with Crippen molar-refractivity contribution in [1.29, 1.82) is 0 Å². The number of Topliss-reactive ketones (excluding diaryl/α,β-unsaturated/α-hetero) is 1. The van der Waals surface area contributed by atoms with Crippen molar-refractivity contribution >= 4 is 41.4 Å². The van der Waals surface area contributed by atoms with Crippen LogP contribution in [0.2, 0.25) is 0 Å². The summed E-state index contributed by atoms with van der Waals surface area (Å²) in [4.78, 5) is 93.7. The maximum Gasteiger partial charge on any atom is 0.408 e. The van der Waals surface area contributed by atoms with Gasteiger partial charge in [0.25, 0.3) is 5.91 Å². The van der Waals surface area contributed by atoms with E-state index in [2.05, 4.69) is 21.3 Å². The smallest absolute Gasteiger partial charge is 0.408 e. The second-order valence-corrected chi connectivity index (χ2v) is 16.8. The van der Waals surface area contributed by atoms with Gasteiger partial charge in [-0.1, -0.05) is 43.2 Å². The van der Waals surface area contributed by atoms with Crippen molar-refractivity contribution in [2.24, 2.45) is 11.7 Å². The molecule has 16 heteroatoms. The molecule has 1 aromatic rings. The first kappa shape index (κ1) is 43.8. The molecule has 0 spiro atoms. The number of amides is 6. The first-order valence-corrected chi connectivity index (χ1v) is 18.3. The molecular formula is C38H58N6O10. The maximum atomic E-state index is 14.2. The number of nitrogens with one attached hydrogen (secondary N) is 4. The van der Waals surface area contributed by atoms with Gasteiger partial charge in [-0.2, -0.15) is 0 Å². The summed E-state index contributed by atoms with van der Waals surface area (Å²) in [5.74, 6) is -4.88. The van der Waals surface area contributed by atoms with Gasteiger partial charge >= 0.3 is 6.09 Å². The number of hydrogen-bond acceptors (Lipinski definition) is 10. The number of nitrogens with zero attached hydrogens (tertiary/aromatic N) is 1. The summed E-state index contributed by atoms with van der Waals surface area (Å²) in [6, 6.07) is 3.51. The Balaban J connectivity index is 1.78. The van der Waals surface area contributed by atoms with Crippen LogP contribution in [0, 0.1) is 5.92 Å². The predicted octanol–water partition coefficient (Wildman–Crippen LogP) is 1.79. The van der Waals surface area contributed by atoms with Crippen molar-refractivity contribution in [2.45, 2.75) is 135 Å². The number of likely N-dealkylation sites (tertiary alicyclic amines) is 1. The molecule has 6 N–H and O–H groups in total. The average Bonchev–Trinajstić information content (AvgIpc) is 3.77. The summed E-state index contributed by atoms with van der Waals surface area (Å²) in [6.45, 7) is 15.1. The number of nitrogens with two attached hydrogens (primary N) is 1. The van der Waals surface area contributed by atoms with E-state index in [4.69, 9.17) is 19.9 Å². The molecule has 1 heterocycles. The topological polar surface area (TPSA) is 225 Å². The molecule has 2 aliphatic rings. The van der Waals surface area contributed by atoms with Crippen LogP contribution in [-0.4, -0.2) is 107 Å². The van der Waals surface area contributed by atoms with Gasteiger partial charge < -0.3 is 46.1 Å². The molecule has 2 fully saturated rings. The van der Waals surface area contributed by atoms with Crippen LogP contribution in [0.5, 0.6) is 0 Å². The van der Waals surface area contributed by atoms with Crippen molar-refractivity contribution in [3.05, 3.63) is 35.9 Å². The van der Waals surface area contributed by atoms with E-state index in [1.165, 1.54) is 4.90 Å². The summed E-state index contributed by atoms with van der Waals surface area (Å²) in [7, 11) is 0. The number of benzene rings is 1. The van der Waals surface area contributed by atoms with Gasteiger partial charge in [0.15, 0.2) is 0 Å². The van der Waals surface area contributed by atoms with E-state index in [1.807, 2.05) is 20.8 Å². The average molecular weight is 759 g/mol. The van der Waals surface area contributed by atoms with Crippen LogP contribution in [0.1, 0.15) is 99.6 Å². The van der Waals surface area contributed by atoms with Gasteiger partial charge in [-0.25, -0.2) is 4.79 Å². The Hall–Kier alpha value is -4.57. The monoisotopic (exact) mass is 758 g/mol. The van der Waals surface area contributed by atoms with Crippen LogP contribution in [0.25, 0.3) is 0 Å². The number of ether oxygens (including phenoxy) is 3. The third-order valence-electron chi connectivity index (χ3n) is 8.30. The lowest BCUT2D eigenvalue weighted by Crippen LogP contribution is -2.58. The lowest BCUT2D eigenvalue weighted by atomic mass is 10.0. The van der Waals surface area contributed by atoms with Crippen LogP contribution in [-0.2, 0) is 43.0 Å². The number of carbonyl (C=O) groups excluding carboxylic acids is 7. The SMILES string of the molecule is CC(C)(C)OC[C@H](NC(=O)OC(C)(C)C)C(=O)N1C[C@H](OC(C)(C)C)C[C@H]1C(=O)NC(CC1CC1)C(=O)C(=O)NCC(=O)N[C@H](C(N)=O)c1ccccc1. The van der Waals surface area contributed by atoms with E-state index >= 15 is 0 Å². The molecule has 1 saturated heterocycles. The zero-order chi connectivity index (χ0) is 40.6. The summed E-state index contributed by atoms with van der Waals surface area (Å²) in [5.41, 5.74) is 3.77. The second kappa shape index (κ2) is 18.2. The van der Waals surface area contributed by atoms with Gasteiger partial charge in [-0.3, -0.25) is 28.8 Å². The van der Waals surface area contributed by atoms with E-state index < -0.39 is 95.0 Å². The molecule has 16 nitrogen and oxygen atoms in total. The van der Waals surface area contributed by atoms with E-state index in [9.17, 15) is 33.6 Å². The molecular weight excluding hydrogens is 700 g/mol. The molecule has 3 rings (SSSR count). The van der Waals surface area contributed by atoms with Crippen LogP contribution >= 0.6 is 0 Å². The van der Waals surface area contributed by atoms with E-state index in [0.717, 1.165) is 12.8 Å². The van der Waals surface area contributed by atoms with Crippen LogP contribution in [0.15, 0.2) is 30.3 Å². The first-order chi connectivity index (χ1) is 24.9. The lowest BCUT2D eigenvalue weighted by Gasteiger charge is -2.31. The Morgan fingerprint density at radius 3 is 2.00 bits per heavy atom. The van der Waals surface area contributed by atoms with Crippen molar-refractivity contribution in [3.8, 4) is 0 Å². The zero-order valence-electron chi connectivity index (χ0n) is 32.9. The molecule has 0 bridgehead atoms. The number of rotatable bonds is 16. The molecule has 1 saturated carbocycles. The molecule has 1 aliphatic carbocycles. The van der Waals surface area contributed by atoms with Gasteiger partial charge in [0, 0.05) is 13.0 Å². The molecule has 54 heavy (non-hydrogen) atoms. The number of ketones is 1. The fraction of sp³-hybridized carbons (Fsp3) is 0.658.